The van der Waals surface area contributed by atoms with Crippen LogP contribution in [0.1, 0.15) is 12.0 Å². The van der Waals surface area contributed by atoms with Gasteiger partial charge in [-0.05, 0) is 5.56 Å². The lowest BCUT2D eigenvalue weighted by molar-refractivity contribution is -0.384. The van der Waals surface area contributed by atoms with Crippen molar-refractivity contribution in [1.29, 1.82) is 0 Å². The minimum atomic E-state index is -4.65. The number of hydrogen-bond donors (Lipinski definition) is 2. The number of ketones is 1. The van der Waals surface area contributed by atoms with Crippen molar-refractivity contribution in [3.63, 3.8) is 0 Å². The maximum atomic E-state index is 12.1. The van der Waals surface area contributed by atoms with Gasteiger partial charge in [0.1, 0.15) is 0 Å². The highest BCUT2D eigenvalue weighted by atomic mass is 19.4. The standard InChI is InChI=1S/C12H12F3N3O4/c13-12(14,15)5-9(16)10(19)11(20)17-6-7-1-3-8(4-2-7)18(21)22/h1-4,9H,5-6,16H2,(H,17,20). The molecule has 7 nitrogen and oxygen atoms in total. The third-order valence-electron chi connectivity index (χ3n) is 2.61. The van der Waals surface area contributed by atoms with Crippen molar-refractivity contribution in [2.45, 2.75) is 25.2 Å². The molecule has 120 valence electrons. The number of halogens is 3. The lowest BCUT2D eigenvalue weighted by atomic mass is 10.1. The molecule has 0 bridgehead atoms. The molecule has 0 saturated heterocycles. The highest BCUT2D eigenvalue weighted by Crippen LogP contribution is 2.21. The maximum Gasteiger partial charge on any atom is 0.391 e. The monoisotopic (exact) mass is 319 g/mol. The molecule has 1 unspecified atom stereocenters. The summed E-state index contributed by atoms with van der Waals surface area (Å²) in [7, 11) is 0. The van der Waals surface area contributed by atoms with E-state index < -0.39 is 35.3 Å². The summed E-state index contributed by atoms with van der Waals surface area (Å²) >= 11 is 0. The molecule has 0 aliphatic heterocycles. The molecular formula is C12H12F3N3O4. The average Bonchev–Trinajstić information content (AvgIpc) is 2.42. The Kier molecular flexibility index (Phi) is 5.57. The Morgan fingerprint density at radius 1 is 1.27 bits per heavy atom. The van der Waals surface area contributed by atoms with Crippen LogP contribution in [0.15, 0.2) is 24.3 Å². The molecule has 0 aliphatic carbocycles. The molecule has 1 aromatic carbocycles. The Morgan fingerprint density at radius 2 is 1.82 bits per heavy atom. The topological polar surface area (TPSA) is 115 Å². The Hall–Kier alpha value is -2.49. The van der Waals surface area contributed by atoms with Crippen LogP contribution >= 0.6 is 0 Å². The predicted octanol–water partition coefficient (Wildman–Crippen LogP) is 1.06. The van der Waals surface area contributed by atoms with Crippen LogP contribution in [0, 0.1) is 10.1 Å². The number of nitro benzene ring substituents is 1. The predicted molar refractivity (Wildman–Crippen MR) is 68.6 cm³/mol. The van der Waals surface area contributed by atoms with Gasteiger partial charge in [-0.3, -0.25) is 19.7 Å². The molecule has 10 heteroatoms. The lowest BCUT2D eigenvalue weighted by Gasteiger charge is -2.12. The molecule has 0 saturated carbocycles. The molecule has 0 aliphatic rings. The first kappa shape index (κ1) is 17.6. The largest absolute Gasteiger partial charge is 0.391 e. The first-order chi connectivity index (χ1) is 10.1. The van der Waals surface area contributed by atoms with Crippen LogP contribution in [0.3, 0.4) is 0 Å². The number of nitrogens with two attached hydrogens (primary N) is 1. The van der Waals surface area contributed by atoms with E-state index in [0.29, 0.717) is 5.56 Å². The second-order valence-electron chi connectivity index (χ2n) is 4.40. The van der Waals surface area contributed by atoms with Crippen LogP contribution in [0.2, 0.25) is 0 Å². The number of hydrogen-bond acceptors (Lipinski definition) is 5. The zero-order valence-corrected chi connectivity index (χ0v) is 11.1. The Balaban J connectivity index is 2.55. The van der Waals surface area contributed by atoms with Gasteiger partial charge in [0.05, 0.1) is 17.4 Å². The third kappa shape index (κ3) is 5.48. The van der Waals surface area contributed by atoms with Crippen LogP contribution < -0.4 is 11.1 Å². The van der Waals surface area contributed by atoms with Crippen molar-refractivity contribution in [2.24, 2.45) is 5.73 Å². The first-order valence-electron chi connectivity index (χ1n) is 5.98. The van der Waals surface area contributed by atoms with Gasteiger partial charge in [0.25, 0.3) is 11.6 Å². The first-order valence-corrected chi connectivity index (χ1v) is 5.98. The third-order valence-corrected chi connectivity index (χ3v) is 2.61. The summed E-state index contributed by atoms with van der Waals surface area (Å²) in [6.07, 6.45) is -6.23. The van der Waals surface area contributed by atoms with Crippen LogP contribution in [0.25, 0.3) is 0 Å². The smallest absolute Gasteiger partial charge is 0.345 e. The molecule has 0 heterocycles. The molecular weight excluding hydrogens is 307 g/mol. The number of non-ortho nitro benzene ring substituents is 1. The molecule has 1 aromatic rings. The second kappa shape index (κ2) is 6.98. The molecule has 0 fully saturated rings. The Labute approximate surface area is 122 Å². The second-order valence-corrected chi connectivity index (χ2v) is 4.40. The SMILES string of the molecule is NC(CC(F)(F)F)C(=O)C(=O)NCc1ccc([N+](=O)[O-])cc1. The summed E-state index contributed by atoms with van der Waals surface area (Å²) in [6.45, 7) is -0.165. The average molecular weight is 319 g/mol. The fraction of sp³-hybridized carbons (Fsp3) is 0.333. The van der Waals surface area contributed by atoms with Gasteiger partial charge in [-0.25, -0.2) is 0 Å². The van der Waals surface area contributed by atoms with Crippen LogP contribution in [-0.4, -0.2) is 28.8 Å². The Bertz CT molecular complexity index is 572. The van der Waals surface area contributed by atoms with Crippen molar-refractivity contribution >= 4 is 17.4 Å². The van der Waals surface area contributed by atoms with Gasteiger partial charge in [-0.15, -0.1) is 0 Å². The van der Waals surface area contributed by atoms with Crippen molar-refractivity contribution in [2.75, 3.05) is 0 Å². The molecule has 1 amide bonds. The minimum absolute atomic E-state index is 0.154. The minimum Gasteiger partial charge on any atom is -0.345 e. The summed E-state index contributed by atoms with van der Waals surface area (Å²) in [4.78, 5) is 32.6. The van der Waals surface area contributed by atoms with Crippen molar-refractivity contribution in [3.8, 4) is 0 Å². The number of Topliss-reactive ketones (excluding diaryl/α,β-unsaturated/α-hetero) is 1. The van der Waals surface area contributed by atoms with E-state index in [-0.39, 0.29) is 12.2 Å². The Morgan fingerprint density at radius 3 is 2.27 bits per heavy atom. The zero-order valence-electron chi connectivity index (χ0n) is 11.1. The van der Waals surface area contributed by atoms with E-state index in [2.05, 4.69) is 5.32 Å². The number of nitro groups is 1. The van der Waals surface area contributed by atoms with Crippen LogP contribution in [0.4, 0.5) is 18.9 Å². The van der Waals surface area contributed by atoms with Crippen LogP contribution in [-0.2, 0) is 16.1 Å². The molecule has 1 rings (SSSR count). The number of nitrogens with one attached hydrogen (secondary N) is 1. The molecule has 3 N–H and O–H groups in total. The number of rotatable bonds is 6. The van der Waals surface area contributed by atoms with Gasteiger partial charge in [0, 0.05) is 18.7 Å². The summed E-state index contributed by atoms with van der Waals surface area (Å²) in [6, 6.07) is 3.12. The molecule has 0 spiro atoms. The number of alkyl halides is 3. The van der Waals surface area contributed by atoms with Gasteiger partial charge in [-0.2, -0.15) is 13.2 Å². The van der Waals surface area contributed by atoms with Crippen molar-refractivity contribution < 1.29 is 27.7 Å². The fourth-order valence-corrected chi connectivity index (χ4v) is 1.52. The van der Waals surface area contributed by atoms with E-state index >= 15 is 0 Å². The van der Waals surface area contributed by atoms with Crippen molar-refractivity contribution in [3.05, 3.63) is 39.9 Å². The number of nitrogens with zero attached hydrogens (tertiary/aromatic N) is 1. The van der Waals surface area contributed by atoms with Gasteiger partial charge in [0.15, 0.2) is 0 Å². The summed E-state index contributed by atoms with van der Waals surface area (Å²) in [5.41, 5.74) is 5.31. The summed E-state index contributed by atoms with van der Waals surface area (Å²) in [5, 5.41) is 12.6. The van der Waals surface area contributed by atoms with E-state index in [1.807, 2.05) is 0 Å². The summed E-state index contributed by atoms with van der Waals surface area (Å²) < 4.78 is 36.2. The number of benzene rings is 1. The zero-order chi connectivity index (χ0) is 16.9. The van der Waals surface area contributed by atoms with E-state index in [1.54, 1.807) is 0 Å². The van der Waals surface area contributed by atoms with E-state index in [9.17, 15) is 32.9 Å². The van der Waals surface area contributed by atoms with Gasteiger partial charge < -0.3 is 11.1 Å². The normalized spacial score (nSPS) is 12.5. The highest BCUT2D eigenvalue weighted by Gasteiger charge is 2.35. The highest BCUT2D eigenvalue weighted by molar-refractivity contribution is 6.38. The fourth-order valence-electron chi connectivity index (χ4n) is 1.52. The van der Waals surface area contributed by atoms with Gasteiger partial charge in [-0.1, -0.05) is 12.1 Å². The van der Waals surface area contributed by atoms with Gasteiger partial charge >= 0.3 is 6.18 Å². The molecule has 0 aromatic heterocycles. The van der Waals surface area contributed by atoms with E-state index in [0.717, 1.165) is 0 Å². The lowest BCUT2D eigenvalue weighted by Crippen LogP contribution is -2.44. The maximum absolute atomic E-state index is 12.1. The molecule has 22 heavy (non-hydrogen) atoms. The summed E-state index contributed by atoms with van der Waals surface area (Å²) in [5.74, 6) is -2.62. The van der Waals surface area contributed by atoms with Gasteiger partial charge in [0.2, 0.25) is 5.78 Å². The molecule has 1 atom stereocenters. The number of carbonyl (C=O) groups excluding carboxylic acids is 2. The van der Waals surface area contributed by atoms with Crippen molar-refractivity contribution in [1.82, 2.24) is 5.32 Å². The van der Waals surface area contributed by atoms with E-state index in [1.165, 1.54) is 24.3 Å². The quantitative estimate of drug-likeness (QED) is 0.462. The van der Waals surface area contributed by atoms with E-state index in [4.69, 9.17) is 5.73 Å². The number of carbonyl (C=O) groups is 2. The molecule has 0 radical (unpaired) electrons. The number of amides is 1. The van der Waals surface area contributed by atoms with Crippen LogP contribution in [0.5, 0.6) is 0 Å².